The lowest BCUT2D eigenvalue weighted by molar-refractivity contribution is -0.118. The Kier molecular flexibility index (Phi) is 3.07. The van der Waals surface area contributed by atoms with Crippen molar-refractivity contribution in [2.24, 2.45) is 0 Å². The molecule has 0 spiro atoms. The van der Waals surface area contributed by atoms with E-state index in [0.717, 1.165) is 5.01 Å². The molecule has 7 nitrogen and oxygen atoms in total. The summed E-state index contributed by atoms with van der Waals surface area (Å²) in [5.74, 6) is -0.00788. The van der Waals surface area contributed by atoms with Crippen molar-refractivity contribution in [1.29, 1.82) is 0 Å². The first-order valence-electron chi connectivity index (χ1n) is 5.80. The fraction of sp³-hybridized carbons (Fsp3) is 0.167. The summed E-state index contributed by atoms with van der Waals surface area (Å²) in [5.41, 5.74) is 0.893. The maximum Gasteiger partial charge on any atom is 0.262 e. The average Bonchev–Trinajstić information content (AvgIpc) is 2.83. The topological polar surface area (TPSA) is 93.2 Å². The molecule has 20 heavy (non-hydrogen) atoms. The third-order valence-corrected chi connectivity index (χ3v) is 3.38. The van der Waals surface area contributed by atoms with E-state index in [9.17, 15) is 9.59 Å². The molecular formula is C12H10N4O3S. The number of anilines is 2. The Balaban J connectivity index is 1.81. The predicted octanol–water partition coefficient (Wildman–Crippen LogP) is 1.43. The molecule has 0 fully saturated rings. The van der Waals surface area contributed by atoms with E-state index in [1.807, 2.05) is 0 Å². The minimum Gasteiger partial charge on any atom is -0.482 e. The van der Waals surface area contributed by atoms with Crippen molar-refractivity contribution in [3.63, 3.8) is 0 Å². The van der Waals surface area contributed by atoms with Crippen LogP contribution < -0.4 is 15.4 Å². The number of fused-ring (bicyclic) bond motifs is 1. The van der Waals surface area contributed by atoms with Crippen molar-refractivity contribution < 1.29 is 14.3 Å². The molecule has 2 amide bonds. The molecule has 0 saturated heterocycles. The summed E-state index contributed by atoms with van der Waals surface area (Å²) in [6.07, 6.45) is 0. The van der Waals surface area contributed by atoms with Crippen molar-refractivity contribution in [2.45, 2.75) is 6.92 Å². The Labute approximate surface area is 118 Å². The Morgan fingerprint density at radius 1 is 1.45 bits per heavy atom. The fourth-order valence-corrected chi connectivity index (χ4v) is 2.33. The highest BCUT2D eigenvalue weighted by molar-refractivity contribution is 7.15. The Morgan fingerprint density at radius 3 is 3.05 bits per heavy atom. The number of hydrogen-bond acceptors (Lipinski definition) is 6. The van der Waals surface area contributed by atoms with E-state index in [1.165, 1.54) is 11.3 Å². The van der Waals surface area contributed by atoms with Crippen molar-refractivity contribution in [1.82, 2.24) is 10.2 Å². The lowest BCUT2D eigenvalue weighted by Gasteiger charge is -2.18. The molecule has 2 heterocycles. The Hall–Kier alpha value is -2.48. The molecule has 102 valence electrons. The van der Waals surface area contributed by atoms with Gasteiger partial charge in [0, 0.05) is 5.56 Å². The molecule has 3 rings (SSSR count). The second kappa shape index (κ2) is 4.89. The van der Waals surface area contributed by atoms with Gasteiger partial charge in [0.25, 0.3) is 11.8 Å². The lowest BCUT2D eigenvalue weighted by Crippen LogP contribution is -2.25. The summed E-state index contributed by atoms with van der Waals surface area (Å²) in [5, 5.41) is 14.2. The molecule has 1 aliphatic heterocycles. The summed E-state index contributed by atoms with van der Waals surface area (Å²) in [7, 11) is 0. The maximum absolute atomic E-state index is 12.1. The van der Waals surface area contributed by atoms with Crippen molar-refractivity contribution in [2.75, 3.05) is 17.2 Å². The van der Waals surface area contributed by atoms with Crippen LogP contribution in [0.2, 0.25) is 0 Å². The van der Waals surface area contributed by atoms with Crippen LogP contribution in [0.1, 0.15) is 15.4 Å². The van der Waals surface area contributed by atoms with Gasteiger partial charge in [0.15, 0.2) is 6.61 Å². The molecule has 0 radical (unpaired) electrons. The van der Waals surface area contributed by atoms with Crippen LogP contribution in [-0.2, 0) is 4.79 Å². The second-order valence-corrected chi connectivity index (χ2v) is 5.31. The van der Waals surface area contributed by atoms with Crippen LogP contribution >= 0.6 is 11.3 Å². The molecule has 2 N–H and O–H groups in total. The lowest BCUT2D eigenvalue weighted by atomic mass is 10.1. The SMILES string of the molecule is Cc1nnc(NC(=O)c2ccc3c(c2)NC(=O)CO3)s1. The van der Waals surface area contributed by atoms with Crippen LogP contribution in [-0.4, -0.2) is 28.6 Å². The number of aromatic nitrogens is 2. The number of carbonyl (C=O) groups is 2. The van der Waals surface area contributed by atoms with Gasteiger partial charge < -0.3 is 10.1 Å². The summed E-state index contributed by atoms with van der Waals surface area (Å²) in [6, 6.07) is 4.84. The molecule has 0 saturated carbocycles. The van der Waals surface area contributed by atoms with Crippen molar-refractivity contribution in [3.05, 3.63) is 28.8 Å². The quantitative estimate of drug-likeness (QED) is 0.872. The van der Waals surface area contributed by atoms with Crippen LogP contribution in [0.5, 0.6) is 5.75 Å². The molecular weight excluding hydrogens is 280 g/mol. The molecule has 1 aromatic carbocycles. The van der Waals surface area contributed by atoms with E-state index in [-0.39, 0.29) is 18.4 Å². The molecule has 0 bridgehead atoms. The number of ether oxygens (including phenoxy) is 1. The van der Waals surface area contributed by atoms with Gasteiger partial charge in [-0.15, -0.1) is 10.2 Å². The summed E-state index contributed by atoms with van der Waals surface area (Å²) in [4.78, 5) is 23.3. The van der Waals surface area contributed by atoms with E-state index in [4.69, 9.17) is 4.74 Å². The van der Waals surface area contributed by atoms with Crippen molar-refractivity contribution >= 4 is 34.0 Å². The minimum absolute atomic E-state index is 0.0113. The van der Waals surface area contributed by atoms with E-state index >= 15 is 0 Å². The zero-order valence-electron chi connectivity index (χ0n) is 10.5. The highest BCUT2D eigenvalue weighted by atomic mass is 32.1. The van der Waals surface area contributed by atoms with E-state index < -0.39 is 0 Å². The standard InChI is InChI=1S/C12H10N4O3S/c1-6-15-16-12(20-6)14-11(18)7-2-3-9-8(4-7)13-10(17)5-19-9/h2-4H,5H2,1H3,(H,13,17)(H,14,16,18). The molecule has 1 aliphatic rings. The van der Waals surface area contributed by atoms with Gasteiger partial charge in [-0.2, -0.15) is 0 Å². The zero-order valence-corrected chi connectivity index (χ0v) is 11.3. The average molecular weight is 290 g/mol. The summed E-state index contributed by atoms with van der Waals surface area (Å²) in [6.45, 7) is 1.79. The van der Waals surface area contributed by atoms with Crippen LogP contribution in [0.4, 0.5) is 10.8 Å². The van der Waals surface area contributed by atoms with Crippen LogP contribution in [0.25, 0.3) is 0 Å². The van der Waals surface area contributed by atoms with Gasteiger partial charge in [-0.25, -0.2) is 0 Å². The van der Waals surface area contributed by atoms with Crippen molar-refractivity contribution in [3.8, 4) is 5.75 Å². The first kappa shape index (κ1) is 12.5. The van der Waals surface area contributed by atoms with E-state index in [1.54, 1.807) is 25.1 Å². The monoisotopic (exact) mass is 290 g/mol. The highest BCUT2D eigenvalue weighted by Gasteiger charge is 2.18. The number of nitrogens with one attached hydrogen (secondary N) is 2. The Bertz CT molecular complexity index is 698. The van der Waals surface area contributed by atoms with Gasteiger partial charge in [-0.3, -0.25) is 14.9 Å². The first-order valence-corrected chi connectivity index (χ1v) is 6.61. The molecule has 0 aliphatic carbocycles. The van der Waals surface area contributed by atoms with Gasteiger partial charge in [0.1, 0.15) is 10.8 Å². The smallest absolute Gasteiger partial charge is 0.262 e. The number of nitrogens with zero attached hydrogens (tertiary/aromatic N) is 2. The number of benzene rings is 1. The van der Waals surface area contributed by atoms with Crippen LogP contribution in [0.3, 0.4) is 0 Å². The highest BCUT2D eigenvalue weighted by Crippen LogP contribution is 2.28. The normalized spacial score (nSPS) is 13.2. The van der Waals surface area contributed by atoms with Gasteiger partial charge in [0.2, 0.25) is 5.13 Å². The van der Waals surface area contributed by atoms with Gasteiger partial charge >= 0.3 is 0 Å². The largest absolute Gasteiger partial charge is 0.482 e. The first-order chi connectivity index (χ1) is 9.61. The fourth-order valence-electron chi connectivity index (χ4n) is 1.74. The molecule has 2 aromatic rings. The molecule has 0 atom stereocenters. The number of carbonyl (C=O) groups excluding carboxylic acids is 2. The summed E-state index contributed by atoms with van der Waals surface area (Å²) >= 11 is 1.29. The van der Waals surface area contributed by atoms with E-state index in [0.29, 0.717) is 22.1 Å². The minimum atomic E-state index is -0.316. The third-order valence-electron chi connectivity index (χ3n) is 2.62. The predicted molar refractivity (Wildman–Crippen MR) is 73.2 cm³/mol. The number of aryl methyl sites for hydroxylation is 1. The number of amides is 2. The molecule has 8 heteroatoms. The van der Waals surface area contributed by atoms with Crippen LogP contribution in [0, 0.1) is 6.92 Å². The van der Waals surface area contributed by atoms with Crippen LogP contribution in [0.15, 0.2) is 18.2 Å². The molecule has 1 aromatic heterocycles. The Morgan fingerprint density at radius 2 is 2.30 bits per heavy atom. The van der Waals surface area contributed by atoms with Gasteiger partial charge in [-0.1, -0.05) is 11.3 Å². The van der Waals surface area contributed by atoms with Gasteiger partial charge in [-0.05, 0) is 25.1 Å². The number of hydrogen-bond donors (Lipinski definition) is 2. The third kappa shape index (κ3) is 2.45. The molecule has 0 unspecified atom stereocenters. The zero-order chi connectivity index (χ0) is 14.1. The van der Waals surface area contributed by atoms with E-state index in [2.05, 4.69) is 20.8 Å². The van der Waals surface area contributed by atoms with Gasteiger partial charge in [0.05, 0.1) is 5.69 Å². The number of rotatable bonds is 2. The second-order valence-electron chi connectivity index (χ2n) is 4.13. The summed E-state index contributed by atoms with van der Waals surface area (Å²) < 4.78 is 5.23. The maximum atomic E-state index is 12.1.